The predicted octanol–water partition coefficient (Wildman–Crippen LogP) is 0.295. The number of hydrogen-bond donors (Lipinski definition) is 2. The van der Waals surface area contributed by atoms with Gasteiger partial charge in [-0.1, -0.05) is 13.8 Å². The number of carbonyl (C=O) groups excluding carboxylic acids is 1. The average molecular weight is 174 g/mol. The third-order valence-electron chi connectivity index (χ3n) is 1.81. The summed E-state index contributed by atoms with van der Waals surface area (Å²) in [6, 6.07) is 0. The van der Waals surface area contributed by atoms with E-state index in [1.807, 2.05) is 0 Å². The van der Waals surface area contributed by atoms with E-state index in [0.29, 0.717) is 0 Å². The molecular formula is C8H14O4. The first-order valence-corrected chi connectivity index (χ1v) is 3.92. The topological polar surface area (TPSA) is 74.6 Å². The minimum atomic E-state index is -1.11. The van der Waals surface area contributed by atoms with E-state index in [2.05, 4.69) is 0 Å². The lowest BCUT2D eigenvalue weighted by Crippen LogP contribution is -2.29. The van der Waals surface area contributed by atoms with Gasteiger partial charge >= 0.3 is 5.97 Å². The van der Waals surface area contributed by atoms with Crippen molar-refractivity contribution in [2.45, 2.75) is 20.3 Å². The van der Waals surface area contributed by atoms with Crippen molar-refractivity contribution in [1.29, 1.82) is 0 Å². The van der Waals surface area contributed by atoms with Crippen LogP contribution in [-0.4, -0.2) is 28.6 Å². The molecule has 0 bridgehead atoms. The molecule has 0 rings (SSSR count). The number of ketones is 1. The fraction of sp³-hybridized carbons (Fsp3) is 0.750. The van der Waals surface area contributed by atoms with Gasteiger partial charge in [-0.15, -0.1) is 0 Å². The van der Waals surface area contributed by atoms with Crippen LogP contribution in [0.3, 0.4) is 0 Å². The van der Waals surface area contributed by atoms with E-state index in [0.717, 1.165) is 0 Å². The lowest BCUT2D eigenvalue weighted by atomic mass is 9.93. The van der Waals surface area contributed by atoms with Crippen molar-refractivity contribution >= 4 is 11.8 Å². The van der Waals surface area contributed by atoms with Crippen LogP contribution in [0.15, 0.2) is 0 Å². The van der Waals surface area contributed by atoms with Crippen molar-refractivity contribution in [3.63, 3.8) is 0 Å². The summed E-state index contributed by atoms with van der Waals surface area (Å²) < 4.78 is 0. The number of carbonyl (C=O) groups is 2. The highest BCUT2D eigenvalue weighted by atomic mass is 16.4. The van der Waals surface area contributed by atoms with Crippen LogP contribution in [0.25, 0.3) is 0 Å². The number of rotatable bonds is 5. The first kappa shape index (κ1) is 11.1. The Labute approximate surface area is 71.2 Å². The van der Waals surface area contributed by atoms with Gasteiger partial charge in [0, 0.05) is 5.92 Å². The standard InChI is InChI=1S/C8H14O4/c1-3-6(8(11)12)7(10)5(2)4-9/h5-6,9H,3-4H2,1-2H3,(H,11,12). The molecule has 0 saturated carbocycles. The largest absolute Gasteiger partial charge is 0.481 e. The average Bonchev–Trinajstić information content (AvgIpc) is 2.03. The molecule has 12 heavy (non-hydrogen) atoms. The molecule has 0 aromatic carbocycles. The van der Waals surface area contributed by atoms with Gasteiger partial charge in [0.05, 0.1) is 6.61 Å². The van der Waals surface area contributed by atoms with Crippen molar-refractivity contribution < 1.29 is 19.8 Å². The third kappa shape index (κ3) is 2.62. The first-order valence-electron chi connectivity index (χ1n) is 3.92. The zero-order chi connectivity index (χ0) is 9.72. The Morgan fingerprint density at radius 3 is 2.17 bits per heavy atom. The van der Waals surface area contributed by atoms with E-state index in [-0.39, 0.29) is 13.0 Å². The molecule has 0 aromatic heterocycles. The molecule has 0 aromatic rings. The second-order valence-corrected chi connectivity index (χ2v) is 2.79. The second kappa shape index (κ2) is 4.87. The maximum absolute atomic E-state index is 11.2. The molecule has 2 atom stereocenters. The van der Waals surface area contributed by atoms with Crippen LogP contribution < -0.4 is 0 Å². The Morgan fingerprint density at radius 2 is 1.92 bits per heavy atom. The summed E-state index contributed by atoms with van der Waals surface area (Å²) >= 11 is 0. The van der Waals surface area contributed by atoms with Crippen LogP contribution in [0.1, 0.15) is 20.3 Å². The number of hydrogen-bond acceptors (Lipinski definition) is 3. The van der Waals surface area contributed by atoms with Gasteiger partial charge in [0.2, 0.25) is 0 Å². The van der Waals surface area contributed by atoms with Crippen molar-refractivity contribution in [2.75, 3.05) is 6.61 Å². The van der Waals surface area contributed by atoms with Crippen LogP contribution in [0.2, 0.25) is 0 Å². The van der Waals surface area contributed by atoms with E-state index >= 15 is 0 Å². The molecule has 0 fully saturated rings. The summed E-state index contributed by atoms with van der Waals surface area (Å²) in [4.78, 5) is 21.7. The molecule has 0 aliphatic heterocycles. The Balaban J connectivity index is 4.31. The highest BCUT2D eigenvalue weighted by Crippen LogP contribution is 2.10. The Kier molecular flexibility index (Phi) is 4.51. The lowest BCUT2D eigenvalue weighted by molar-refractivity contribution is -0.147. The maximum atomic E-state index is 11.2. The number of carboxylic acid groups (broad SMARTS) is 1. The summed E-state index contributed by atoms with van der Waals surface area (Å²) in [5.41, 5.74) is 0. The summed E-state index contributed by atoms with van der Waals surface area (Å²) in [6.45, 7) is 2.87. The maximum Gasteiger partial charge on any atom is 0.314 e. The molecule has 0 spiro atoms. The van der Waals surface area contributed by atoms with Gasteiger partial charge < -0.3 is 10.2 Å². The monoisotopic (exact) mass is 174 g/mol. The number of Topliss-reactive ketones (excluding diaryl/α,β-unsaturated/α-hetero) is 1. The Hall–Kier alpha value is -0.900. The number of aliphatic carboxylic acids is 1. The van der Waals surface area contributed by atoms with Crippen LogP contribution in [-0.2, 0) is 9.59 Å². The predicted molar refractivity (Wildman–Crippen MR) is 42.7 cm³/mol. The fourth-order valence-corrected chi connectivity index (χ4v) is 0.931. The molecule has 2 N–H and O–H groups in total. The van der Waals surface area contributed by atoms with Gasteiger partial charge in [0.15, 0.2) is 5.78 Å². The summed E-state index contributed by atoms with van der Waals surface area (Å²) in [5, 5.41) is 17.2. The van der Waals surface area contributed by atoms with E-state index in [4.69, 9.17) is 10.2 Å². The Morgan fingerprint density at radius 1 is 1.42 bits per heavy atom. The van der Waals surface area contributed by atoms with Crippen LogP contribution in [0.4, 0.5) is 0 Å². The van der Waals surface area contributed by atoms with Gasteiger partial charge in [-0.2, -0.15) is 0 Å². The molecule has 0 amide bonds. The highest BCUT2D eigenvalue weighted by molar-refractivity contribution is 5.99. The quantitative estimate of drug-likeness (QED) is 0.587. The molecule has 0 radical (unpaired) electrons. The zero-order valence-electron chi connectivity index (χ0n) is 7.28. The fourth-order valence-electron chi connectivity index (χ4n) is 0.931. The van der Waals surface area contributed by atoms with Gasteiger partial charge in [0.1, 0.15) is 5.92 Å². The number of aliphatic hydroxyl groups is 1. The zero-order valence-corrected chi connectivity index (χ0v) is 7.28. The normalized spacial score (nSPS) is 15.2. The SMILES string of the molecule is CCC(C(=O)O)C(=O)C(C)CO. The van der Waals surface area contributed by atoms with Crippen LogP contribution in [0.5, 0.6) is 0 Å². The Bertz CT molecular complexity index is 176. The lowest BCUT2D eigenvalue weighted by Gasteiger charge is -2.12. The second-order valence-electron chi connectivity index (χ2n) is 2.79. The van der Waals surface area contributed by atoms with Crippen molar-refractivity contribution in [3.05, 3.63) is 0 Å². The van der Waals surface area contributed by atoms with Gasteiger partial charge in [-0.05, 0) is 6.42 Å². The van der Waals surface area contributed by atoms with Crippen LogP contribution in [0, 0.1) is 11.8 Å². The molecular weight excluding hydrogens is 160 g/mol. The molecule has 2 unspecified atom stereocenters. The van der Waals surface area contributed by atoms with Crippen LogP contribution >= 0.6 is 0 Å². The van der Waals surface area contributed by atoms with E-state index < -0.39 is 23.6 Å². The van der Waals surface area contributed by atoms with Crippen molar-refractivity contribution in [1.82, 2.24) is 0 Å². The third-order valence-corrected chi connectivity index (χ3v) is 1.81. The minimum Gasteiger partial charge on any atom is -0.481 e. The molecule has 0 heterocycles. The molecule has 4 nitrogen and oxygen atoms in total. The summed E-state index contributed by atoms with van der Waals surface area (Å²) in [5.74, 6) is -3.05. The molecule has 4 heteroatoms. The molecule has 0 aliphatic carbocycles. The smallest absolute Gasteiger partial charge is 0.314 e. The summed E-state index contributed by atoms with van der Waals surface area (Å²) in [7, 11) is 0. The molecule has 0 aliphatic rings. The number of aliphatic hydroxyl groups excluding tert-OH is 1. The van der Waals surface area contributed by atoms with E-state index in [1.165, 1.54) is 6.92 Å². The van der Waals surface area contributed by atoms with Crippen molar-refractivity contribution in [2.24, 2.45) is 11.8 Å². The van der Waals surface area contributed by atoms with Gasteiger partial charge in [-0.3, -0.25) is 9.59 Å². The highest BCUT2D eigenvalue weighted by Gasteiger charge is 2.27. The van der Waals surface area contributed by atoms with Gasteiger partial charge in [0.25, 0.3) is 0 Å². The summed E-state index contributed by atoms with van der Waals surface area (Å²) in [6.07, 6.45) is 0.276. The molecule has 70 valence electrons. The molecule has 0 saturated heterocycles. The minimum absolute atomic E-state index is 0.276. The van der Waals surface area contributed by atoms with Gasteiger partial charge in [-0.25, -0.2) is 0 Å². The van der Waals surface area contributed by atoms with E-state index in [1.54, 1.807) is 6.92 Å². The van der Waals surface area contributed by atoms with E-state index in [9.17, 15) is 9.59 Å². The van der Waals surface area contributed by atoms with Crippen molar-refractivity contribution in [3.8, 4) is 0 Å². The number of carboxylic acids is 1. The first-order chi connectivity index (χ1) is 5.54.